The van der Waals surface area contributed by atoms with Crippen LogP contribution in [0.4, 0.5) is 11.5 Å². The van der Waals surface area contributed by atoms with Crippen molar-refractivity contribution in [2.24, 2.45) is 0 Å². The number of thiazole rings is 1. The Labute approximate surface area is 153 Å². The fraction of sp³-hybridized carbons (Fsp3) is 0.250. The molecule has 0 unspecified atom stereocenters. The zero-order valence-electron chi connectivity index (χ0n) is 13.6. The quantitative estimate of drug-likeness (QED) is 0.508. The summed E-state index contributed by atoms with van der Waals surface area (Å²) in [6, 6.07) is 5.58. The Morgan fingerprint density at radius 2 is 2.28 bits per heavy atom. The average molecular weight is 374 g/mol. The van der Waals surface area contributed by atoms with Gasteiger partial charge in [-0.3, -0.25) is 9.78 Å². The number of H-pyrrole nitrogens is 1. The second-order valence-corrected chi connectivity index (χ2v) is 6.90. The Bertz CT molecular complexity index is 965. The van der Waals surface area contributed by atoms with E-state index in [2.05, 4.69) is 32.5 Å². The fourth-order valence-electron chi connectivity index (χ4n) is 2.35. The largest absolute Gasteiger partial charge is 0.382 e. The molecule has 130 valence electrons. The number of aromatic nitrogens is 3. The van der Waals surface area contributed by atoms with Gasteiger partial charge in [0.2, 0.25) is 0 Å². The maximum absolute atomic E-state index is 11.4. The molecule has 0 radical (unpaired) electrons. The Morgan fingerprint density at radius 1 is 1.44 bits per heavy atom. The van der Waals surface area contributed by atoms with Gasteiger partial charge >= 0.3 is 4.87 Å². The number of anilines is 2. The molecule has 0 atom stereocenters. The molecule has 0 aliphatic heterocycles. The first-order chi connectivity index (χ1) is 12.0. The summed E-state index contributed by atoms with van der Waals surface area (Å²) in [6.45, 7) is 2.48. The molecule has 0 fully saturated rings. The van der Waals surface area contributed by atoms with Crippen LogP contribution in [0.1, 0.15) is 24.7 Å². The maximum Gasteiger partial charge on any atom is 0.305 e. The van der Waals surface area contributed by atoms with Gasteiger partial charge in [0.1, 0.15) is 11.5 Å². The van der Waals surface area contributed by atoms with Gasteiger partial charge in [-0.05, 0) is 36.8 Å². The normalized spacial score (nSPS) is 10.8. The Morgan fingerprint density at radius 3 is 3.08 bits per heavy atom. The van der Waals surface area contributed by atoms with Gasteiger partial charge < -0.3 is 21.4 Å². The number of nitrogens with one attached hydrogen (secondary N) is 3. The number of aryl methyl sites for hydroxylation is 1. The summed E-state index contributed by atoms with van der Waals surface area (Å²) >= 11 is 6.48. The molecule has 3 rings (SSSR count). The van der Waals surface area contributed by atoms with Crippen molar-refractivity contribution in [2.75, 3.05) is 11.1 Å². The lowest BCUT2D eigenvalue weighted by Crippen LogP contribution is -2.28. The molecular weight excluding hydrogens is 356 g/mol. The van der Waals surface area contributed by atoms with Crippen LogP contribution in [-0.4, -0.2) is 20.1 Å². The lowest BCUT2D eigenvalue weighted by atomic mass is 10.2. The van der Waals surface area contributed by atoms with E-state index in [4.69, 9.17) is 18.0 Å². The molecule has 0 saturated carbocycles. The predicted octanol–water partition coefficient (Wildman–Crippen LogP) is 2.40. The summed E-state index contributed by atoms with van der Waals surface area (Å²) in [4.78, 5) is 22.7. The molecule has 2 heterocycles. The topological polar surface area (TPSA) is 109 Å². The van der Waals surface area contributed by atoms with Crippen molar-refractivity contribution in [2.45, 2.75) is 26.3 Å². The molecule has 0 saturated heterocycles. The third kappa shape index (κ3) is 4.31. The van der Waals surface area contributed by atoms with E-state index in [0.717, 1.165) is 45.8 Å². The second kappa shape index (κ2) is 7.58. The zero-order chi connectivity index (χ0) is 17.8. The Balaban J connectivity index is 1.64. The molecule has 2 aromatic heterocycles. The summed E-state index contributed by atoms with van der Waals surface area (Å²) < 4.78 is 0.875. The van der Waals surface area contributed by atoms with Gasteiger partial charge in [0, 0.05) is 5.69 Å². The van der Waals surface area contributed by atoms with Gasteiger partial charge in [0.05, 0.1) is 28.7 Å². The van der Waals surface area contributed by atoms with E-state index >= 15 is 0 Å². The van der Waals surface area contributed by atoms with Gasteiger partial charge in [0.15, 0.2) is 5.11 Å². The van der Waals surface area contributed by atoms with Gasteiger partial charge in [-0.15, -0.1) is 0 Å². The number of rotatable bonds is 5. The lowest BCUT2D eigenvalue weighted by molar-refractivity contribution is 0.817. The van der Waals surface area contributed by atoms with Crippen molar-refractivity contribution in [1.82, 2.24) is 20.3 Å². The first-order valence-corrected chi connectivity index (χ1v) is 9.05. The monoisotopic (exact) mass is 374 g/mol. The molecule has 0 bridgehead atoms. The molecule has 25 heavy (non-hydrogen) atoms. The summed E-state index contributed by atoms with van der Waals surface area (Å²) in [5, 5.41) is 6.63. The van der Waals surface area contributed by atoms with Crippen LogP contribution in [0.25, 0.3) is 10.2 Å². The number of hydrogen-bond donors (Lipinski definition) is 4. The standard InChI is InChI=1S/C16H18N6OS2/c1-2-3-10-7-18-14(17)12(20-10)8-19-15(24)21-9-4-5-11-13(6-9)25-16(23)22-11/h4-7H,2-3,8H2,1H3,(H2,17,18)(H,22,23)(H2,19,21,24). The predicted molar refractivity (Wildman–Crippen MR) is 106 cm³/mol. The van der Waals surface area contributed by atoms with Gasteiger partial charge in [-0.25, -0.2) is 4.98 Å². The molecule has 9 heteroatoms. The molecule has 3 aromatic rings. The fourth-order valence-corrected chi connectivity index (χ4v) is 3.31. The van der Waals surface area contributed by atoms with Crippen molar-refractivity contribution < 1.29 is 0 Å². The van der Waals surface area contributed by atoms with Crippen molar-refractivity contribution in [3.05, 3.63) is 45.5 Å². The summed E-state index contributed by atoms with van der Waals surface area (Å²) in [5.41, 5.74) is 9.09. The first-order valence-electron chi connectivity index (χ1n) is 7.83. The third-order valence-electron chi connectivity index (χ3n) is 3.53. The van der Waals surface area contributed by atoms with Crippen LogP contribution in [0.3, 0.4) is 0 Å². The molecule has 0 aliphatic carbocycles. The van der Waals surface area contributed by atoms with E-state index in [1.165, 1.54) is 0 Å². The summed E-state index contributed by atoms with van der Waals surface area (Å²) in [6.07, 6.45) is 3.57. The number of nitrogens with two attached hydrogens (primary N) is 1. The number of nitrogen functional groups attached to an aromatic ring is 1. The second-order valence-electron chi connectivity index (χ2n) is 5.48. The van der Waals surface area contributed by atoms with E-state index in [-0.39, 0.29) is 4.87 Å². The number of nitrogens with zero attached hydrogens (tertiary/aromatic N) is 2. The highest BCUT2D eigenvalue weighted by atomic mass is 32.1. The number of benzene rings is 1. The molecule has 7 nitrogen and oxygen atoms in total. The van der Waals surface area contributed by atoms with Crippen molar-refractivity contribution >= 4 is 50.4 Å². The molecule has 0 amide bonds. The van der Waals surface area contributed by atoms with Crippen LogP contribution in [-0.2, 0) is 13.0 Å². The highest BCUT2D eigenvalue weighted by Gasteiger charge is 2.07. The molecule has 0 spiro atoms. The smallest absolute Gasteiger partial charge is 0.305 e. The highest BCUT2D eigenvalue weighted by molar-refractivity contribution is 7.80. The van der Waals surface area contributed by atoms with Crippen molar-refractivity contribution in [3.63, 3.8) is 0 Å². The first kappa shape index (κ1) is 17.3. The van der Waals surface area contributed by atoms with Crippen molar-refractivity contribution in [1.29, 1.82) is 0 Å². The van der Waals surface area contributed by atoms with Crippen LogP contribution in [0.2, 0.25) is 0 Å². The lowest BCUT2D eigenvalue weighted by Gasteiger charge is -2.12. The van der Waals surface area contributed by atoms with Crippen molar-refractivity contribution in [3.8, 4) is 0 Å². The molecule has 1 aromatic carbocycles. The number of thiocarbonyl (C=S) groups is 1. The van der Waals surface area contributed by atoms with Gasteiger partial charge in [0.25, 0.3) is 0 Å². The van der Waals surface area contributed by atoms with E-state index in [1.54, 1.807) is 6.20 Å². The Hall–Kier alpha value is -2.52. The van der Waals surface area contributed by atoms with Crippen LogP contribution in [0.5, 0.6) is 0 Å². The minimum absolute atomic E-state index is 0.0751. The van der Waals surface area contributed by atoms with Gasteiger partial charge in [-0.2, -0.15) is 0 Å². The van der Waals surface area contributed by atoms with E-state index < -0.39 is 0 Å². The number of hydrogen-bond acceptors (Lipinski definition) is 6. The maximum atomic E-state index is 11.4. The third-order valence-corrected chi connectivity index (χ3v) is 4.62. The Kier molecular flexibility index (Phi) is 5.25. The minimum Gasteiger partial charge on any atom is -0.382 e. The van der Waals surface area contributed by atoms with Crippen LogP contribution in [0.15, 0.2) is 29.2 Å². The summed E-state index contributed by atoms with van der Waals surface area (Å²) in [7, 11) is 0. The molecule has 5 N–H and O–H groups in total. The number of aromatic amines is 1. The zero-order valence-corrected chi connectivity index (χ0v) is 15.3. The van der Waals surface area contributed by atoms with Crippen LogP contribution >= 0.6 is 23.6 Å². The van der Waals surface area contributed by atoms with Crippen LogP contribution < -0.4 is 21.2 Å². The SMILES string of the molecule is CCCc1cnc(N)c(CNC(=S)Nc2ccc3[nH]c(=O)sc3c2)n1. The molecular formula is C16H18N6OS2. The minimum atomic E-state index is -0.0751. The highest BCUT2D eigenvalue weighted by Crippen LogP contribution is 2.19. The number of fused-ring (bicyclic) bond motifs is 1. The van der Waals surface area contributed by atoms with E-state index in [9.17, 15) is 4.79 Å². The average Bonchev–Trinajstić information content (AvgIpc) is 2.95. The molecule has 0 aliphatic rings. The van der Waals surface area contributed by atoms with Gasteiger partial charge in [-0.1, -0.05) is 24.7 Å². The van der Waals surface area contributed by atoms with Crippen LogP contribution in [0, 0.1) is 0 Å². The van der Waals surface area contributed by atoms with E-state index in [1.807, 2.05) is 18.2 Å². The van der Waals surface area contributed by atoms with E-state index in [0.29, 0.717) is 23.2 Å². The summed E-state index contributed by atoms with van der Waals surface area (Å²) in [5.74, 6) is 0.397.